The van der Waals surface area contributed by atoms with Crippen LogP contribution in [0.1, 0.15) is 212 Å². The second-order valence-corrected chi connectivity index (χ2v) is 29.8. The third-order valence-electron chi connectivity index (χ3n) is 23.4. The highest BCUT2D eigenvalue weighted by Gasteiger charge is 2.66. The van der Waals surface area contributed by atoms with Gasteiger partial charge in [0.2, 0.25) is 0 Å². The van der Waals surface area contributed by atoms with Crippen LogP contribution >= 0.6 is 0 Å². The van der Waals surface area contributed by atoms with Gasteiger partial charge >= 0.3 is 47.8 Å². The Morgan fingerprint density at radius 2 is 0.838 bits per heavy atom. The molecule has 8 aliphatic carbocycles. The van der Waals surface area contributed by atoms with Crippen LogP contribution in [0.15, 0.2) is 0 Å². The van der Waals surface area contributed by atoms with Crippen molar-refractivity contribution >= 4 is 47.8 Å². The molecule has 0 N–H and O–H groups in total. The van der Waals surface area contributed by atoms with Crippen molar-refractivity contribution in [3.8, 4) is 0 Å². The molecule has 16 nitrogen and oxygen atoms in total. The zero-order chi connectivity index (χ0) is 58.2. The minimum absolute atomic E-state index is 0.0105. The Hall–Kier alpha value is -4.24. The van der Waals surface area contributed by atoms with Crippen molar-refractivity contribution in [1.82, 2.24) is 0 Å². The standard InChI is InChI=1S/4C16H24O4/c1-4-15(2,3)14(18)20-12-6-11-5-10(12)7-16(11)8-13(17)19-9-16;1-4-15(2,3)14(18)20-12-6-10-5-11(12)16(7-10)8-13(17)19-9-16;1-4-15(2,3)13(17)20-12-8-11-7-10(12)9-16(11)5-6-19-14(16)18;1-4-15(2,3)13(17)20-12-8-10-7-11(12)16(9-10)5-6-19-14(16)18/h4*10-12H,4-9H2,1-3H3. The lowest BCUT2D eigenvalue weighted by molar-refractivity contribution is -0.169. The molecule has 12 rings (SSSR count). The molecule has 0 aromatic rings. The van der Waals surface area contributed by atoms with E-state index in [-0.39, 0.29) is 99.7 Å². The molecule has 4 aliphatic heterocycles. The first-order valence-electron chi connectivity index (χ1n) is 31.0. The van der Waals surface area contributed by atoms with Gasteiger partial charge in [-0.2, -0.15) is 0 Å². The van der Waals surface area contributed by atoms with Gasteiger partial charge in [-0.15, -0.1) is 0 Å². The zero-order valence-corrected chi connectivity index (χ0v) is 50.4. The fourth-order valence-corrected chi connectivity index (χ4v) is 16.6. The smallest absolute Gasteiger partial charge is 0.312 e. The number of carbonyl (C=O) groups is 8. The van der Waals surface area contributed by atoms with Gasteiger partial charge in [0.15, 0.2) is 0 Å². The van der Waals surface area contributed by atoms with Gasteiger partial charge in [0, 0.05) is 22.7 Å². The first kappa shape index (κ1) is 60.4. The molecule has 448 valence electrons. The van der Waals surface area contributed by atoms with Crippen LogP contribution < -0.4 is 0 Å². The molecule has 16 atom stereocenters. The van der Waals surface area contributed by atoms with E-state index in [0.717, 1.165) is 116 Å². The van der Waals surface area contributed by atoms with Crippen LogP contribution in [0.25, 0.3) is 0 Å². The van der Waals surface area contributed by atoms with Gasteiger partial charge in [-0.05, 0) is 206 Å². The average molecular weight is 1120 g/mol. The van der Waals surface area contributed by atoms with Gasteiger partial charge in [0.05, 0.1) is 71.8 Å². The Labute approximate surface area is 475 Å². The quantitative estimate of drug-likeness (QED) is 0.131. The van der Waals surface area contributed by atoms with Gasteiger partial charge in [-0.25, -0.2) is 0 Å². The summed E-state index contributed by atoms with van der Waals surface area (Å²) in [6.45, 7) is 25.7. The number of ether oxygens (including phenoxy) is 8. The van der Waals surface area contributed by atoms with Crippen molar-refractivity contribution in [2.24, 2.45) is 90.7 Å². The molecule has 8 saturated carbocycles. The highest BCUT2D eigenvalue weighted by atomic mass is 16.6. The maximum Gasteiger partial charge on any atom is 0.312 e. The molecule has 0 aromatic heterocycles. The molecule has 0 aromatic carbocycles. The number of carbonyl (C=O) groups excluding carboxylic acids is 8. The Bertz CT molecular complexity index is 2420. The van der Waals surface area contributed by atoms with Crippen molar-refractivity contribution < 1.29 is 76.3 Å². The lowest BCUT2D eigenvalue weighted by atomic mass is 9.71. The third kappa shape index (κ3) is 11.1. The average Bonchev–Trinajstić information content (AvgIpc) is 4.47. The first-order chi connectivity index (χ1) is 37.5. The van der Waals surface area contributed by atoms with Gasteiger partial charge in [-0.1, -0.05) is 27.7 Å². The summed E-state index contributed by atoms with van der Waals surface area (Å²) in [6, 6.07) is 0. The van der Waals surface area contributed by atoms with Crippen molar-refractivity contribution in [2.75, 3.05) is 26.4 Å². The van der Waals surface area contributed by atoms with Crippen LogP contribution in [0.3, 0.4) is 0 Å². The highest BCUT2D eigenvalue weighted by molar-refractivity contribution is 5.82. The predicted octanol–water partition coefficient (Wildman–Crippen LogP) is 10.8. The molecular weight excluding hydrogens is 1020 g/mol. The third-order valence-corrected chi connectivity index (χ3v) is 23.4. The maximum atomic E-state index is 12.3. The number of esters is 8. The summed E-state index contributed by atoms with van der Waals surface area (Å²) in [7, 11) is 0. The van der Waals surface area contributed by atoms with Crippen LogP contribution in [-0.2, 0) is 76.3 Å². The second kappa shape index (κ2) is 22.1. The van der Waals surface area contributed by atoms with Crippen LogP contribution in [0.4, 0.5) is 0 Å². The molecule has 0 radical (unpaired) electrons. The van der Waals surface area contributed by atoms with Crippen molar-refractivity contribution in [3.63, 3.8) is 0 Å². The van der Waals surface area contributed by atoms with Crippen LogP contribution in [0.2, 0.25) is 0 Å². The van der Waals surface area contributed by atoms with Gasteiger partial charge < -0.3 is 37.9 Å². The molecule has 4 heterocycles. The molecule has 16 unspecified atom stereocenters. The highest BCUT2D eigenvalue weighted by Crippen LogP contribution is 2.64. The van der Waals surface area contributed by atoms with E-state index in [1.807, 2.05) is 83.1 Å². The fourth-order valence-electron chi connectivity index (χ4n) is 16.6. The van der Waals surface area contributed by atoms with E-state index in [0.29, 0.717) is 80.7 Å². The molecule has 16 heteroatoms. The summed E-state index contributed by atoms with van der Waals surface area (Å²) < 4.78 is 43.9. The van der Waals surface area contributed by atoms with E-state index in [1.54, 1.807) is 0 Å². The minimum atomic E-state index is -0.439. The lowest BCUT2D eigenvalue weighted by Gasteiger charge is -2.37. The van der Waals surface area contributed by atoms with Gasteiger partial charge in [0.1, 0.15) is 24.4 Å². The Kier molecular flexibility index (Phi) is 16.6. The number of fused-ring (bicyclic) bond motifs is 12. The number of cyclic esters (lactones) is 4. The maximum absolute atomic E-state index is 12.3. The Morgan fingerprint density at radius 3 is 1.21 bits per heavy atom. The van der Waals surface area contributed by atoms with Gasteiger partial charge in [0.25, 0.3) is 0 Å². The van der Waals surface area contributed by atoms with Crippen LogP contribution in [0, 0.1) is 90.7 Å². The van der Waals surface area contributed by atoms with E-state index in [9.17, 15) is 38.4 Å². The Balaban J connectivity index is 0.000000129. The summed E-state index contributed by atoms with van der Waals surface area (Å²) in [4.78, 5) is 95.9. The number of hydrogen-bond acceptors (Lipinski definition) is 16. The summed E-state index contributed by atoms with van der Waals surface area (Å²) in [5.41, 5.74) is -2.23. The fraction of sp³-hybridized carbons (Fsp3) is 0.875. The van der Waals surface area contributed by atoms with Crippen molar-refractivity contribution in [2.45, 2.75) is 236 Å². The first-order valence-corrected chi connectivity index (χ1v) is 31.0. The van der Waals surface area contributed by atoms with E-state index >= 15 is 0 Å². The van der Waals surface area contributed by atoms with Gasteiger partial charge in [-0.3, -0.25) is 38.4 Å². The summed E-state index contributed by atoms with van der Waals surface area (Å²) in [6.07, 6.45) is 17.5. The topological polar surface area (TPSA) is 210 Å². The van der Waals surface area contributed by atoms with Crippen molar-refractivity contribution in [1.29, 1.82) is 0 Å². The normalized spacial score (nSPS) is 39.4. The summed E-state index contributed by atoms with van der Waals surface area (Å²) >= 11 is 0. The van der Waals surface area contributed by atoms with E-state index < -0.39 is 21.7 Å². The van der Waals surface area contributed by atoms with E-state index in [1.165, 1.54) is 0 Å². The van der Waals surface area contributed by atoms with Crippen molar-refractivity contribution in [3.05, 3.63) is 0 Å². The monoisotopic (exact) mass is 1120 g/mol. The molecule has 12 aliphatic rings. The zero-order valence-electron chi connectivity index (χ0n) is 50.4. The lowest BCUT2D eigenvalue weighted by Crippen LogP contribution is -2.42. The van der Waals surface area contributed by atoms with E-state index in [2.05, 4.69) is 0 Å². The van der Waals surface area contributed by atoms with Crippen LogP contribution in [0.5, 0.6) is 0 Å². The SMILES string of the molecule is CCC(C)(C)C(=O)OC1CC2CC1C1(CCOC1=O)C2.CCC(C)(C)C(=O)OC1CC2CC1C1(COC(=O)C1)C2.CCC(C)(C)C(=O)OC1CC2CC1CC21CCOC1=O.CCC(C)(C)C(=O)OC1CC2CC1CC21COC(=O)C1. The molecule has 0 amide bonds. The molecule has 80 heavy (non-hydrogen) atoms. The second-order valence-electron chi connectivity index (χ2n) is 29.8. The van der Waals surface area contributed by atoms with E-state index in [4.69, 9.17) is 37.9 Å². The minimum Gasteiger partial charge on any atom is -0.465 e. The number of rotatable bonds is 12. The number of hydrogen-bond donors (Lipinski definition) is 0. The summed E-state index contributed by atoms with van der Waals surface area (Å²) in [5, 5.41) is 0. The molecule has 4 saturated heterocycles. The largest absolute Gasteiger partial charge is 0.465 e. The Morgan fingerprint density at radius 1 is 0.438 bits per heavy atom. The molecular formula is C64H96O16. The molecule has 12 fully saturated rings. The summed E-state index contributed by atoms with van der Waals surface area (Å²) in [5.74, 6) is 2.61. The molecule has 4 spiro atoms. The molecule has 8 bridgehead atoms. The predicted molar refractivity (Wildman–Crippen MR) is 291 cm³/mol. The van der Waals surface area contributed by atoms with Crippen LogP contribution in [-0.4, -0.2) is 98.6 Å².